The van der Waals surface area contributed by atoms with Crippen LogP contribution in [0, 0.1) is 19.8 Å². The number of sulfonamides is 1. The highest BCUT2D eigenvalue weighted by Crippen LogP contribution is 2.24. The van der Waals surface area contributed by atoms with E-state index in [4.69, 9.17) is 0 Å². The van der Waals surface area contributed by atoms with E-state index in [0.717, 1.165) is 37.1 Å². The number of aryl methyl sites for hydroxylation is 2. The van der Waals surface area contributed by atoms with Gasteiger partial charge in [-0.05, 0) is 55.9 Å². The van der Waals surface area contributed by atoms with Gasteiger partial charge in [-0.15, -0.1) is 0 Å². The maximum Gasteiger partial charge on any atom is 0.243 e. The second-order valence-corrected chi connectivity index (χ2v) is 10.4. The SMILES string of the molecule is Cc1ccc(S(=O)(=O)N2CCN(C3CCN(CCC(C)C)C3=O)CC2)cc1C. The molecule has 2 aliphatic heterocycles. The molecule has 2 heterocycles. The summed E-state index contributed by atoms with van der Waals surface area (Å²) >= 11 is 0. The summed E-state index contributed by atoms with van der Waals surface area (Å²) in [7, 11) is -3.48. The minimum absolute atomic E-state index is 0.0846. The van der Waals surface area contributed by atoms with E-state index in [1.165, 1.54) is 0 Å². The van der Waals surface area contributed by atoms with Gasteiger partial charge in [-0.1, -0.05) is 19.9 Å². The van der Waals surface area contributed by atoms with E-state index < -0.39 is 10.0 Å². The molecule has 0 N–H and O–H groups in total. The fourth-order valence-corrected chi connectivity index (χ4v) is 5.48. The summed E-state index contributed by atoms with van der Waals surface area (Å²) in [5.41, 5.74) is 2.07. The molecule has 0 saturated carbocycles. The molecule has 0 radical (unpaired) electrons. The van der Waals surface area contributed by atoms with Gasteiger partial charge in [0.25, 0.3) is 0 Å². The topological polar surface area (TPSA) is 60.9 Å². The molecule has 156 valence electrons. The number of hydrogen-bond donors (Lipinski definition) is 0. The number of nitrogens with zero attached hydrogens (tertiary/aromatic N) is 3. The maximum atomic E-state index is 13.0. The molecule has 1 aromatic rings. The van der Waals surface area contributed by atoms with Gasteiger partial charge in [0, 0.05) is 39.3 Å². The van der Waals surface area contributed by atoms with Crippen LogP contribution in [0.25, 0.3) is 0 Å². The second-order valence-electron chi connectivity index (χ2n) is 8.50. The van der Waals surface area contributed by atoms with E-state index in [0.29, 0.717) is 37.0 Å². The van der Waals surface area contributed by atoms with Crippen LogP contribution in [0.3, 0.4) is 0 Å². The molecular formula is C21H33N3O3S. The summed E-state index contributed by atoms with van der Waals surface area (Å²) in [5.74, 6) is 0.803. The number of likely N-dealkylation sites (tertiary alicyclic amines) is 1. The van der Waals surface area contributed by atoms with Crippen molar-refractivity contribution in [3.63, 3.8) is 0 Å². The molecule has 1 atom stereocenters. The van der Waals surface area contributed by atoms with Crippen LogP contribution in [0.4, 0.5) is 0 Å². The van der Waals surface area contributed by atoms with Gasteiger partial charge in [-0.3, -0.25) is 9.69 Å². The zero-order chi connectivity index (χ0) is 20.5. The molecule has 2 fully saturated rings. The van der Waals surface area contributed by atoms with Gasteiger partial charge in [0.05, 0.1) is 10.9 Å². The van der Waals surface area contributed by atoms with Crippen molar-refractivity contribution < 1.29 is 13.2 Å². The Morgan fingerprint density at radius 3 is 2.32 bits per heavy atom. The Kier molecular flexibility index (Phi) is 6.47. The van der Waals surface area contributed by atoms with E-state index in [-0.39, 0.29) is 11.9 Å². The van der Waals surface area contributed by atoms with Gasteiger partial charge in [0.15, 0.2) is 0 Å². The molecule has 0 bridgehead atoms. The molecular weight excluding hydrogens is 374 g/mol. The standard InChI is InChI=1S/C21H33N3O3S/c1-16(2)7-9-23-10-8-20(21(23)25)22-11-13-24(14-12-22)28(26,27)19-6-5-17(3)18(4)15-19/h5-6,15-16,20H,7-14H2,1-4H3. The first-order chi connectivity index (χ1) is 13.2. The van der Waals surface area contributed by atoms with Crippen molar-refractivity contribution in [3.8, 4) is 0 Å². The highest BCUT2D eigenvalue weighted by molar-refractivity contribution is 7.89. The van der Waals surface area contributed by atoms with E-state index in [1.54, 1.807) is 16.4 Å². The van der Waals surface area contributed by atoms with Crippen molar-refractivity contribution >= 4 is 15.9 Å². The predicted octanol–water partition coefficient (Wildman–Crippen LogP) is 2.26. The zero-order valence-corrected chi connectivity index (χ0v) is 18.3. The molecule has 2 saturated heterocycles. The monoisotopic (exact) mass is 407 g/mol. The molecule has 1 amide bonds. The van der Waals surface area contributed by atoms with Crippen molar-refractivity contribution in [3.05, 3.63) is 29.3 Å². The first kappa shape index (κ1) is 21.3. The summed E-state index contributed by atoms with van der Waals surface area (Å²) in [5, 5.41) is 0. The number of benzene rings is 1. The molecule has 6 nitrogen and oxygen atoms in total. The van der Waals surface area contributed by atoms with Crippen molar-refractivity contribution in [2.75, 3.05) is 39.3 Å². The van der Waals surface area contributed by atoms with Crippen LogP contribution in [0.5, 0.6) is 0 Å². The molecule has 28 heavy (non-hydrogen) atoms. The van der Waals surface area contributed by atoms with Crippen LogP contribution in [0.15, 0.2) is 23.1 Å². The van der Waals surface area contributed by atoms with Crippen LogP contribution in [-0.2, 0) is 14.8 Å². The average Bonchev–Trinajstić information content (AvgIpc) is 3.02. The molecule has 0 aliphatic carbocycles. The lowest BCUT2D eigenvalue weighted by Gasteiger charge is -2.36. The third-order valence-corrected chi connectivity index (χ3v) is 7.97. The minimum Gasteiger partial charge on any atom is -0.341 e. The van der Waals surface area contributed by atoms with Gasteiger partial charge in [0.2, 0.25) is 15.9 Å². The number of carbonyl (C=O) groups is 1. The number of hydrogen-bond acceptors (Lipinski definition) is 4. The molecule has 1 aromatic carbocycles. The van der Waals surface area contributed by atoms with Crippen LogP contribution in [-0.4, -0.2) is 73.7 Å². The third kappa shape index (κ3) is 4.42. The smallest absolute Gasteiger partial charge is 0.243 e. The molecule has 3 rings (SSSR count). The highest BCUT2D eigenvalue weighted by atomic mass is 32.2. The Balaban J connectivity index is 1.60. The van der Waals surface area contributed by atoms with Crippen molar-refractivity contribution in [2.45, 2.75) is 51.5 Å². The number of carbonyl (C=O) groups excluding carboxylic acids is 1. The lowest BCUT2D eigenvalue weighted by Crippen LogP contribution is -2.53. The third-order valence-electron chi connectivity index (χ3n) is 6.08. The fraction of sp³-hybridized carbons (Fsp3) is 0.667. The van der Waals surface area contributed by atoms with E-state index in [2.05, 4.69) is 18.7 Å². The van der Waals surface area contributed by atoms with Crippen LogP contribution < -0.4 is 0 Å². The van der Waals surface area contributed by atoms with Gasteiger partial charge >= 0.3 is 0 Å². The Hall–Kier alpha value is -1.44. The first-order valence-corrected chi connectivity index (χ1v) is 11.7. The quantitative estimate of drug-likeness (QED) is 0.726. The van der Waals surface area contributed by atoms with Crippen LogP contribution >= 0.6 is 0 Å². The van der Waals surface area contributed by atoms with Crippen molar-refractivity contribution in [1.29, 1.82) is 0 Å². The number of piperazine rings is 1. The molecule has 0 aromatic heterocycles. The maximum absolute atomic E-state index is 13.0. The molecule has 0 spiro atoms. The van der Waals surface area contributed by atoms with E-state index >= 15 is 0 Å². The van der Waals surface area contributed by atoms with Gasteiger partial charge in [0.1, 0.15) is 0 Å². The van der Waals surface area contributed by atoms with Gasteiger partial charge in [-0.25, -0.2) is 8.42 Å². The predicted molar refractivity (Wildman–Crippen MR) is 111 cm³/mol. The fourth-order valence-electron chi connectivity index (χ4n) is 3.98. The first-order valence-electron chi connectivity index (χ1n) is 10.3. The van der Waals surface area contributed by atoms with Crippen molar-refractivity contribution in [2.24, 2.45) is 5.92 Å². The highest BCUT2D eigenvalue weighted by Gasteiger charge is 2.38. The Labute approximate surface area is 169 Å². The minimum atomic E-state index is -3.48. The molecule has 7 heteroatoms. The van der Waals surface area contributed by atoms with Gasteiger partial charge in [-0.2, -0.15) is 4.31 Å². The largest absolute Gasteiger partial charge is 0.341 e. The normalized spacial score (nSPS) is 22.4. The lowest BCUT2D eigenvalue weighted by molar-refractivity contribution is -0.132. The van der Waals surface area contributed by atoms with Crippen molar-refractivity contribution in [1.82, 2.24) is 14.1 Å². The number of amides is 1. The lowest BCUT2D eigenvalue weighted by atomic mass is 10.1. The zero-order valence-electron chi connectivity index (χ0n) is 17.5. The van der Waals surface area contributed by atoms with E-state index in [9.17, 15) is 13.2 Å². The summed E-state index contributed by atoms with van der Waals surface area (Å²) in [6, 6.07) is 5.22. The molecule has 1 unspecified atom stereocenters. The van der Waals surface area contributed by atoms with E-state index in [1.807, 2.05) is 24.8 Å². The summed E-state index contributed by atoms with van der Waals surface area (Å²) in [4.78, 5) is 17.2. The Morgan fingerprint density at radius 2 is 1.71 bits per heavy atom. The number of rotatable bonds is 6. The molecule has 2 aliphatic rings. The van der Waals surface area contributed by atoms with Crippen LogP contribution in [0.1, 0.15) is 37.8 Å². The Morgan fingerprint density at radius 1 is 1.04 bits per heavy atom. The summed E-state index contributed by atoms with van der Waals surface area (Å²) in [6.45, 7) is 12.0. The van der Waals surface area contributed by atoms with Crippen LogP contribution in [0.2, 0.25) is 0 Å². The average molecular weight is 408 g/mol. The second kappa shape index (κ2) is 8.51. The summed E-state index contributed by atoms with van der Waals surface area (Å²) in [6.07, 6.45) is 1.88. The Bertz CT molecular complexity index is 814. The van der Waals surface area contributed by atoms with Gasteiger partial charge < -0.3 is 4.90 Å². The summed E-state index contributed by atoms with van der Waals surface area (Å²) < 4.78 is 27.5.